The van der Waals surface area contributed by atoms with Gasteiger partial charge in [0, 0.05) is 18.7 Å². The summed E-state index contributed by atoms with van der Waals surface area (Å²) in [6.07, 6.45) is 5.38. The molecular weight excluding hydrogens is 262 g/mol. The molecule has 1 aliphatic heterocycles. The van der Waals surface area contributed by atoms with Crippen molar-refractivity contribution in [3.8, 4) is 5.75 Å². The van der Waals surface area contributed by atoms with E-state index in [2.05, 4.69) is 26.1 Å². The topological polar surface area (TPSA) is 41.5 Å². The summed E-state index contributed by atoms with van der Waals surface area (Å²) in [7, 11) is 0. The minimum absolute atomic E-state index is 0.0587. The van der Waals surface area contributed by atoms with Gasteiger partial charge in [0.05, 0.1) is 5.60 Å². The Morgan fingerprint density at radius 3 is 2.48 bits per heavy atom. The Labute approximate surface area is 128 Å². The third-order valence-corrected chi connectivity index (χ3v) is 4.92. The maximum absolute atomic E-state index is 9.43. The zero-order valence-electron chi connectivity index (χ0n) is 13.6. The van der Waals surface area contributed by atoms with Gasteiger partial charge in [-0.25, -0.2) is 0 Å². The van der Waals surface area contributed by atoms with Gasteiger partial charge < -0.3 is 15.2 Å². The first-order valence-corrected chi connectivity index (χ1v) is 8.31. The second-order valence-electron chi connectivity index (χ2n) is 6.15. The standard InChI is InChI=1S/C18H29NO2/c1-4-17(14-7-9-16(20)10-8-14)19-15-11-12-21-18(5-2,6-3)13-15/h7-10,15,17,19-20H,4-6,11-13H2,1-3H3. The summed E-state index contributed by atoms with van der Waals surface area (Å²) >= 11 is 0. The van der Waals surface area contributed by atoms with E-state index in [9.17, 15) is 5.11 Å². The summed E-state index contributed by atoms with van der Waals surface area (Å²) in [4.78, 5) is 0. The summed E-state index contributed by atoms with van der Waals surface area (Å²) in [5, 5.41) is 13.2. The number of rotatable bonds is 6. The van der Waals surface area contributed by atoms with Crippen LogP contribution in [-0.4, -0.2) is 23.4 Å². The summed E-state index contributed by atoms with van der Waals surface area (Å²) < 4.78 is 6.06. The number of ether oxygens (including phenoxy) is 1. The zero-order valence-corrected chi connectivity index (χ0v) is 13.6. The number of benzene rings is 1. The van der Waals surface area contributed by atoms with Gasteiger partial charge in [-0.2, -0.15) is 0 Å². The molecule has 2 atom stereocenters. The van der Waals surface area contributed by atoms with Crippen molar-refractivity contribution in [2.24, 2.45) is 0 Å². The lowest BCUT2D eigenvalue weighted by molar-refractivity contribution is -0.0942. The molecule has 1 aliphatic rings. The van der Waals surface area contributed by atoms with Crippen LogP contribution in [0.1, 0.15) is 64.5 Å². The second-order valence-corrected chi connectivity index (χ2v) is 6.15. The molecule has 118 valence electrons. The number of phenolic OH excluding ortho intramolecular Hbond substituents is 1. The van der Waals surface area contributed by atoms with E-state index in [0.29, 0.717) is 17.8 Å². The molecule has 0 radical (unpaired) electrons. The summed E-state index contributed by atoms with van der Waals surface area (Å²) in [6, 6.07) is 8.43. The van der Waals surface area contributed by atoms with E-state index in [0.717, 1.165) is 38.7 Å². The highest BCUT2D eigenvalue weighted by atomic mass is 16.5. The quantitative estimate of drug-likeness (QED) is 0.826. The van der Waals surface area contributed by atoms with Gasteiger partial charge in [0.2, 0.25) is 0 Å². The Bertz CT molecular complexity index is 425. The molecular formula is C18H29NO2. The first kappa shape index (κ1) is 16.3. The molecule has 2 N–H and O–H groups in total. The minimum Gasteiger partial charge on any atom is -0.508 e. The van der Waals surface area contributed by atoms with Gasteiger partial charge in [0.25, 0.3) is 0 Å². The van der Waals surface area contributed by atoms with Crippen LogP contribution in [0, 0.1) is 0 Å². The summed E-state index contributed by atoms with van der Waals surface area (Å²) in [5.41, 5.74) is 1.31. The van der Waals surface area contributed by atoms with Crippen molar-refractivity contribution in [1.82, 2.24) is 5.32 Å². The highest BCUT2D eigenvalue weighted by Gasteiger charge is 2.35. The van der Waals surface area contributed by atoms with Crippen molar-refractivity contribution in [2.75, 3.05) is 6.61 Å². The number of nitrogens with one attached hydrogen (secondary N) is 1. The molecule has 1 aromatic rings. The van der Waals surface area contributed by atoms with E-state index in [-0.39, 0.29) is 5.60 Å². The Kier molecular flexibility index (Phi) is 5.65. The molecule has 0 amide bonds. The molecule has 3 heteroatoms. The van der Waals surface area contributed by atoms with Crippen molar-refractivity contribution in [3.05, 3.63) is 29.8 Å². The van der Waals surface area contributed by atoms with E-state index in [4.69, 9.17) is 4.74 Å². The molecule has 3 nitrogen and oxygen atoms in total. The van der Waals surface area contributed by atoms with Crippen molar-refractivity contribution >= 4 is 0 Å². The van der Waals surface area contributed by atoms with Crippen LogP contribution in [0.25, 0.3) is 0 Å². The van der Waals surface area contributed by atoms with Crippen molar-refractivity contribution in [2.45, 2.75) is 70.6 Å². The van der Waals surface area contributed by atoms with Gasteiger partial charge in [-0.15, -0.1) is 0 Å². The molecule has 0 aromatic heterocycles. The molecule has 0 bridgehead atoms. The maximum Gasteiger partial charge on any atom is 0.115 e. The first-order chi connectivity index (χ1) is 10.1. The molecule has 2 rings (SSSR count). The Balaban J connectivity index is 2.03. The lowest BCUT2D eigenvalue weighted by Gasteiger charge is -2.41. The normalized spacial score (nSPS) is 22.9. The van der Waals surface area contributed by atoms with E-state index < -0.39 is 0 Å². The van der Waals surface area contributed by atoms with Gasteiger partial charge in [0.1, 0.15) is 5.75 Å². The number of hydrogen-bond donors (Lipinski definition) is 2. The predicted molar refractivity (Wildman–Crippen MR) is 86.6 cm³/mol. The maximum atomic E-state index is 9.43. The lowest BCUT2D eigenvalue weighted by atomic mass is 9.85. The molecule has 1 heterocycles. The SMILES string of the molecule is CCC(NC1CCOC(CC)(CC)C1)c1ccc(O)cc1. The predicted octanol–water partition coefficient (Wildman–Crippen LogP) is 4.17. The molecule has 0 aliphatic carbocycles. The fourth-order valence-corrected chi connectivity index (χ4v) is 3.35. The lowest BCUT2D eigenvalue weighted by Crippen LogP contribution is -2.47. The summed E-state index contributed by atoms with van der Waals surface area (Å²) in [5.74, 6) is 0.329. The van der Waals surface area contributed by atoms with E-state index >= 15 is 0 Å². The van der Waals surface area contributed by atoms with Crippen molar-refractivity contribution < 1.29 is 9.84 Å². The van der Waals surface area contributed by atoms with Crippen LogP contribution in [0.2, 0.25) is 0 Å². The second kappa shape index (κ2) is 7.28. The van der Waals surface area contributed by atoms with Crippen LogP contribution in [0.4, 0.5) is 0 Å². The Hall–Kier alpha value is -1.06. The van der Waals surface area contributed by atoms with Gasteiger partial charge in [-0.05, 0) is 49.8 Å². The van der Waals surface area contributed by atoms with Crippen LogP contribution < -0.4 is 5.32 Å². The molecule has 1 aromatic carbocycles. The molecule has 0 saturated carbocycles. The van der Waals surface area contributed by atoms with Gasteiger partial charge in [-0.3, -0.25) is 0 Å². The number of phenols is 1. The Morgan fingerprint density at radius 2 is 1.90 bits per heavy atom. The van der Waals surface area contributed by atoms with Crippen LogP contribution in [0.5, 0.6) is 5.75 Å². The largest absolute Gasteiger partial charge is 0.508 e. The van der Waals surface area contributed by atoms with Gasteiger partial charge >= 0.3 is 0 Å². The van der Waals surface area contributed by atoms with E-state index in [1.165, 1.54) is 5.56 Å². The van der Waals surface area contributed by atoms with Crippen molar-refractivity contribution in [1.29, 1.82) is 0 Å². The van der Waals surface area contributed by atoms with Crippen molar-refractivity contribution in [3.63, 3.8) is 0 Å². The highest BCUT2D eigenvalue weighted by Crippen LogP contribution is 2.33. The molecule has 0 spiro atoms. The average Bonchev–Trinajstić information content (AvgIpc) is 2.53. The van der Waals surface area contributed by atoms with Gasteiger partial charge in [0.15, 0.2) is 0 Å². The average molecular weight is 291 g/mol. The van der Waals surface area contributed by atoms with Gasteiger partial charge in [-0.1, -0.05) is 32.9 Å². The summed E-state index contributed by atoms with van der Waals surface area (Å²) in [6.45, 7) is 7.51. The van der Waals surface area contributed by atoms with Crippen LogP contribution in [-0.2, 0) is 4.74 Å². The monoisotopic (exact) mass is 291 g/mol. The third kappa shape index (κ3) is 3.98. The van der Waals surface area contributed by atoms with E-state index in [1.807, 2.05) is 12.1 Å². The fraction of sp³-hybridized carbons (Fsp3) is 0.667. The third-order valence-electron chi connectivity index (χ3n) is 4.92. The van der Waals surface area contributed by atoms with Crippen LogP contribution >= 0.6 is 0 Å². The van der Waals surface area contributed by atoms with Crippen LogP contribution in [0.15, 0.2) is 24.3 Å². The minimum atomic E-state index is 0.0587. The number of aromatic hydroxyl groups is 1. The molecule has 21 heavy (non-hydrogen) atoms. The Morgan fingerprint density at radius 1 is 1.24 bits per heavy atom. The smallest absolute Gasteiger partial charge is 0.115 e. The molecule has 1 saturated heterocycles. The fourth-order valence-electron chi connectivity index (χ4n) is 3.35. The zero-order chi connectivity index (χ0) is 15.3. The van der Waals surface area contributed by atoms with Crippen LogP contribution in [0.3, 0.4) is 0 Å². The van der Waals surface area contributed by atoms with E-state index in [1.54, 1.807) is 12.1 Å². The number of hydrogen-bond acceptors (Lipinski definition) is 3. The molecule has 2 unspecified atom stereocenters. The highest BCUT2D eigenvalue weighted by molar-refractivity contribution is 5.28. The molecule has 1 fully saturated rings. The first-order valence-electron chi connectivity index (χ1n) is 8.31.